The third-order valence-corrected chi connectivity index (χ3v) is 1.95. The minimum absolute atomic E-state index is 0.695. The van der Waals surface area contributed by atoms with Crippen LogP contribution in [0.2, 0.25) is 0 Å². The molecular weight excluding hydrogens is 192 g/mol. The van der Waals surface area contributed by atoms with E-state index in [1.807, 2.05) is 6.08 Å². The van der Waals surface area contributed by atoms with Crippen LogP contribution < -0.4 is 0 Å². The van der Waals surface area contributed by atoms with Crippen LogP contribution in [0.1, 0.15) is 19.3 Å². The first-order valence-electron chi connectivity index (χ1n) is 5.27. The molecule has 0 saturated heterocycles. The fourth-order valence-corrected chi connectivity index (χ4v) is 1.11. The summed E-state index contributed by atoms with van der Waals surface area (Å²) in [5.41, 5.74) is 0. The van der Waals surface area contributed by atoms with E-state index in [9.17, 15) is 0 Å². The van der Waals surface area contributed by atoms with E-state index in [2.05, 4.69) is 6.58 Å². The zero-order valence-electron chi connectivity index (χ0n) is 9.83. The molecule has 0 aliphatic rings. The fourth-order valence-electron chi connectivity index (χ4n) is 1.11. The van der Waals surface area contributed by atoms with Crippen molar-refractivity contribution < 1.29 is 14.2 Å². The molecule has 0 spiro atoms. The Morgan fingerprint density at radius 2 is 1.87 bits per heavy atom. The van der Waals surface area contributed by atoms with Gasteiger partial charge in [-0.1, -0.05) is 12.7 Å². The Hall–Kier alpha value is -0.800. The van der Waals surface area contributed by atoms with Crippen LogP contribution in [0.5, 0.6) is 0 Å². The van der Waals surface area contributed by atoms with Gasteiger partial charge in [-0.25, -0.2) is 0 Å². The predicted molar refractivity (Wildman–Crippen MR) is 61.8 cm³/mol. The van der Waals surface area contributed by atoms with Gasteiger partial charge in [0.05, 0.1) is 19.5 Å². The summed E-state index contributed by atoms with van der Waals surface area (Å²) in [6, 6.07) is 0. The average Bonchev–Trinajstić information content (AvgIpc) is 2.26. The van der Waals surface area contributed by atoms with Crippen molar-refractivity contribution in [3.05, 3.63) is 24.5 Å². The molecule has 0 rings (SSSR count). The number of allylic oxidation sites excluding steroid dienone is 2. The monoisotopic (exact) mass is 214 g/mol. The second-order valence-corrected chi connectivity index (χ2v) is 3.14. The van der Waals surface area contributed by atoms with Gasteiger partial charge < -0.3 is 14.2 Å². The highest BCUT2D eigenvalue weighted by Gasteiger charge is 1.95. The molecule has 0 radical (unpaired) electrons. The van der Waals surface area contributed by atoms with Crippen molar-refractivity contribution in [1.29, 1.82) is 0 Å². The van der Waals surface area contributed by atoms with Crippen molar-refractivity contribution >= 4 is 0 Å². The quantitative estimate of drug-likeness (QED) is 0.318. The lowest BCUT2D eigenvalue weighted by molar-refractivity contribution is 0.112. The smallest absolute Gasteiger partial charge is 0.0978 e. The topological polar surface area (TPSA) is 27.7 Å². The van der Waals surface area contributed by atoms with E-state index < -0.39 is 0 Å². The minimum Gasteiger partial charge on any atom is -0.501 e. The molecule has 0 aliphatic carbocycles. The molecule has 0 aromatic heterocycles. The van der Waals surface area contributed by atoms with Crippen molar-refractivity contribution in [1.82, 2.24) is 0 Å². The molecular formula is C12H22O3. The molecule has 15 heavy (non-hydrogen) atoms. The highest BCUT2D eigenvalue weighted by Crippen LogP contribution is 2.02. The number of hydrogen-bond acceptors (Lipinski definition) is 3. The summed E-state index contributed by atoms with van der Waals surface area (Å²) in [6.45, 7) is 5.91. The van der Waals surface area contributed by atoms with Gasteiger partial charge in [-0.3, -0.25) is 0 Å². The molecule has 88 valence electrons. The number of ether oxygens (including phenoxy) is 3. The van der Waals surface area contributed by atoms with Gasteiger partial charge in [-0.2, -0.15) is 0 Å². The molecule has 0 bridgehead atoms. The van der Waals surface area contributed by atoms with Crippen LogP contribution in [0.3, 0.4) is 0 Å². The Kier molecular flexibility index (Phi) is 10.7. The summed E-state index contributed by atoms with van der Waals surface area (Å²) in [5.74, 6) is 0.905. The number of rotatable bonds is 10. The maximum atomic E-state index is 5.45. The van der Waals surface area contributed by atoms with Crippen LogP contribution in [0, 0.1) is 0 Å². The normalized spacial score (nSPS) is 11.5. The Morgan fingerprint density at radius 1 is 1.13 bits per heavy atom. The largest absolute Gasteiger partial charge is 0.501 e. The van der Waals surface area contributed by atoms with E-state index in [1.54, 1.807) is 20.3 Å². The molecule has 0 fully saturated rings. The summed E-state index contributed by atoms with van der Waals surface area (Å²) in [4.78, 5) is 0. The van der Waals surface area contributed by atoms with E-state index in [1.165, 1.54) is 0 Å². The van der Waals surface area contributed by atoms with Gasteiger partial charge in [0.2, 0.25) is 0 Å². The first-order chi connectivity index (χ1) is 7.35. The molecule has 0 aromatic rings. The van der Waals surface area contributed by atoms with Crippen LogP contribution >= 0.6 is 0 Å². The summed E-state index contributed by atoms with van der Waals surface area (Å²) >= 11 is 0. The summed E-state index contributed by atoms with van der Waals surface area (Å²) in [5, 5.41) is 0. The lowest BCUT2D eigenvalue weighted by atomic mass is 10.3. The van der Waals surface area contributed by atoms with Crippen molar-refractivity contribution in [3.63, 3.8) is 0 Å². The van der Waals surface area contributed by atoms with Gasteiger partial charge in [0.25, 0.3) is 0 Å². The molecule has 0 amide bonds. The molecule has 0 N–H and O–H groups in total. The highest BCUT2D eigenvalue weighted by atomic mass is 16.5. The van der Waals surface area contributed by atoms with Crippen molar-refractivity contribution in [2.75, 3.05) is 34.0 Å². The molecule has 0 unspecified atom stereocenters. The van der Waals surface area contributed by atoms with E-state index >= 15 is 0 Å². The zero-order valence-corrected chi connectivity index (χ0v) is 9.83. The van der Waals surface area contributed by atoms with Gasteiger partial charge in [0.1, 0.15) is 0 Å². The van der Waals surface area contributed by atoms with Gasteiger partial charge in [0.15, 0.2) is 0 Å². The lowest BCUT2D eigenvalue weighted by Gasteiger charge is -2.06. The molecule has 3 nitrogen and oxygen atoms in total. The minimum atomic E-state index is 0.695. The molecule has 0 saturated carbocycles. The van der Waals surface area contributed by atoms with Crippen molar-refractivity contribution in [3.8, 4) is 0 Å². The first kappa shape index (κ1) is 14.2. The van der Waals surface area contributed by atoms with Gasteiger partial charge >= 0.3 is 0 Å². The van der Waals surface area contributed by atoms with Crippen LogP contribution in [0.4, 0.5) is 0 Å². The maximum absolute atomic E-state index is 5.45. The fraction of sp³-hybridized carbons (Fsp3) is 0.667. The second-order valence-electron chi connectivity index (χ2n) is 3.14. The number of methoxy groups -OCH3 is 2. The number of hydrogen-bond donors (Lipinski definition) is 0. The van der Waals surface area contributed by atoms with Crippen LogP contribution in [-0.4, -0.2) is 34.0 Å². The van der Waals surface area contributed by atoms with Crippen LogP contribution in [0.25, 0.3) is 0 Å². The third kappa shape index (κ3) is 9.50. The van der Waals surface area contributed by atoms with E-state index in [-0.39, 0.29) is 0 Å². The standard InChI is InChI=1S/C12H22O3/c1-4-7-12(14-3)8-11-15-10-6-5-9-13-2/h4,7H,1,5-6,8-11H2,2-3H3/b12-7+. The average molecular weight is 214 g/mol. The summed E-state index contributed by atoms with van der Waals surface area (Å²) in [7, 11) is 3.37. The highest BCUT2D eigenvalue weighted by molar-refractivity contribution is 5.03. The number of unbranched alkanes of at least 4 members (excludes halogenated alkanes) is 1. The Balaban J connectivity index is 3.29. The summed E-state index contributed by atoms with van der Waals surface area (Å²) in [6.07, 6.45) is 6.47. The second kappa shape index (κ2) is 11.3. The van der Waals surface area contributed by atoms with E-state index in [4.69, 9.17) is 14.2 Å². The first-order valence-corrected chi connectivity index (χ1v) is 5.27. The molecule has 0 aliphatic heterocycles. The van der Waals surface area contributed by atoms with Crippen molar-refractivity contribution in [2.24, 2.45) is 0 Å². The van der Waals surface area contributed by atoms with Gasteiger partial charge in [-0.15, -0.1) is 0 Å². The Labute approximate surface area is 92.7 Å². The Morgan fingerprint density at radius 3 is 2.47 bits per heavy atom. The van der Waals surface area contributed by atoms with Crippen LogP contribution in [-0.2, 0) is 14.2 Å². The van der Waals surface area contributed by atoms with E-state index in [0.29, 0.717) is 6.61 Å². The maximum Gasteiger partial charge on any atom is 0.0978 e. The van der Waals surface area contributed by atoms with E-state index in [0.717, 1.165) is 38.2 Å². The third-order valence-electron chi connectivity index (χ3n) is 1.95. The SMILES string of the molecule is C=C/C=C(\CCOCCCCOC)OC. The molecule has 0 heterocycles. The van der Waals surface area contributed by atoms with Gasteiger partial charge in [-0.05, 0) is 18.9 Å². The van der Waals surface area contributed by atoms with Crippen LogP contribution in [0.15, 0.2) is 24.5 Å². The summed E-state index contributed by atoms with van der Waals surface area (Å²) < 4.78 is 15.5. The molecule has 0 atom stereocenters. The van der Waals surface area contributed by atoms with Crippen molar-refractivity contribution in [2.45, 2.75) is 19.3 Å². The lowest BCUT2D eigenvalue weighted by Crippen LogP contribution is -2.00. The van der Waals surface area contributed by atoms with Gasteiger partial charge in [0, 0.05) is 26.7 Å². The molecule has 3 heteroatoms. The Bertz CT molecular complexity index is 176. The molecule has 0 aromatic carbocycles. The zero-order chi connectivity index (χ0) is 11.4. The predicted octanol–water partition coefficient (Wildman–Crippen LogP) is 2.54.